The number of allylic oxidation sites excluding steroid dienone is 10. The molecule has 0 spiro atoms. The second-order valence-electron chi connectivity index (χ2n) is 13.5. The van der Waals surface area contributed by atoms with Gasteiger partial charge in [0.05, 0.1) is 13.2 Å². The van der Waals surface area contributed by atoms with Crippen molar-refractivity contribution in [2.45, 2.75) is 168 Å². The quantitative estimate of drug-likeness (QED) is 0.0155. The molecule has 0 saturated carbocycles. The number of esters is 2. The van der Waals surface area contributed by atoms with E-state index in [0.717, 1.165) is 77.0 Å². The van der Waals surface area contributed by atoms with Gasteiger partial charge < -0.3 is 20.1 Å². The lowest BCUT2D eigenvalue weighted by Crippen LogP contribution is -2.29. The summed E-state index contributed by atoms with van der Waals surface area (Å²) in [5.41, 5.74) is 5.33. The van der Waals surface area contributed by atoms with Gasteiger partial charge in [-0.05, 0) is 70.3 Å². The number of hydrogen-bond donors (Lipinski definition) is 2. The van der Waals surface area contributed by atoms with Gasteiger partial charge >= 0.3 is 19.8 Å². The number of rotatable bonds is 38. The van der Waals surface area contributed by atoms with Crippen molar-refractivity contribution < 1.29 is 42.4 Å². The minimum absolute atomic E-state index is 0.0300. The topological polar surface area (TPSA) is 151 Å². The van der Waals surface area contributed by atoms with E-state index in [1.54, 1.807) is 6.08 Å². The fourth-order valence-electron chi connectivity index (χ4n) is 5.22. The molecular formula is C43H74NO9P. The number of phosphoric ester groups is 1. The van der Waals surface area contributed by atoms with Crippen LogP contribution in [0.5, 0.6) is 0 Å². The molecule has 1 unspecified atom stereocenters. The second-order valence-corrected chi connectivity index (χ2v) is 15.0. The van der Waals surface area contributed by atoms with E-state index in [1.807, 2.05) is 18.2 Å². The van der Waals surface area contributed by atoms with Crippen molar-refractivity contribution in [3.63, 3.8) is 0 Å². The first-order valence-corrected chi connectivity index (χ1v) is 22.2. The predicted octanol–water partition coefficient (Wildman–Crippen LogP) is 10.9. The average Bonchev–Trinajstić information content (AvgIpc) is 3.15. The van der Waals surface area contributed by atoms with E-state index in [2.05, 4.69) is 50.3 Å². The van der Waals surface area contributed by atoms with E-state index >= 15 is 0 Å². The summed E-state index contributed by atoms with van der Waals surface area (Å²) in [5.74, 6) is -0.787. The van der Waals surface area contributed by atoms with Crippen LogP contribution in [0.2, 0.25) is 0 Å². The molecule has 0 aliphatic heterocycles. The first-order chi connectivity index (χ1) is 26.2. The third-order valence-electron chi connectivity index (χ3n) is 8.35. The SMILES string of the molecule is CCCCCCCC/C=C\C/C=C\C/C=C\CCCC(=O)OC[C@H](COP(=O)(O)OCCN)OC(=O)CCCCCCC/C=C\C=C\C(=O)CCCCC. The molecule has 0 radical (unpaired) electrons. The summed E-state index contributed by atoms with van der Waals surface area (Å²) in [6, 6.07) is 0. The largest absolute Gasteiger partial charge is 0.472 e. The van der Waals surface area contributed by atoms with E-state index in [4.69, 9.17) is 24.3 Å². The molecule has 10 nitrogen and oxygen atoms in total. The van der Waals surface area contributed by atoms with E-state index in [1.165, 1.54) is 38.5 Å². The Labute approximate surface area is 327 Å². The van der Waals surface area contributed by atoms with Crippen molar-refractivity contribution in [1.29, 1.82) is 0 Å². The maximum absolute atomic E-state index is 12.5. The normalized spacial score (nSPS) is 13.9. The Morgan fingerprint density at radius 3 is 1.81 bits per heavy atom. The summed E-state index contributed by atoms with van der Waals surface area (Å²) in [7, 11) is -4.41. The van der Waals surface area contributed by atoms with E-state index in [9.17, 15) is 23.8 Å². The average molecular weight is 780 g/mol. The van der Waals surface area contributed by atoms with Crippen LogP contribution < -0.4 is 5.73 Å². The van der Waals surface area contributed by atoms with Gasteiger partial charge in [0.15, 0.2) is 11.9 Å². The Morgan fingerprint density at radius 2 is 1.15 bits per heavy atom. The predicted molar refractivity (Wildman–Crippen MR) is 220 cm³/mol. The molecule has 0 saturated heterocycles. The van der Waals surface area contributed by atoms with Crippen molar-refractivity contribution in [2.75, 3.05) is 26.4 Å². The van der Waals surface area contributed by atoms with E-state index < -0.39 is 32.5 Å². The Bertz CT molecular complexity index is 1130. The summed E-state index contributed by atoms with van der Waals surface area (Å²) < 4.78 is 32.6. The Kier molecular flexibility index (Phi) is 36.8. The van der Waals surface area contributed by atoms with Gasteiger partial charge in [-0.1, -0.05) is 133 Å². The minimum atomic E-state index is -4.41. The highest BCUT2D eigenvalue weighted by Gasteiger charge is 2.25. The number of ether oxygens (including phenoxy) is 2. The summed E-state index contributed by atoms with van der Waals surface area (Å²) in [6.45, 7) is 3.44. The second kappa shape index (κ2) is 38.6. The number of hydrogen-bond acceptors (Lipinski definition) is 9. The number of nitrogens with two attached hydrogens (primary N) is 1. The van der Waals surface area contributed by atoms with Gasteiger partial charge in [0, 0.05) is 25.8 Å². The molecule has 0 heterocycles. The smallest absolute Gasteiger partial charge is 0.462 e. The molecule has 0 aromatic carbocycles. The number of phosphoric acid groups is 1. The van der Waals surface area contributed by atoms with Gasteiger partial charge in [0.1, 0.15) is 6.61 Å². The molecule has 0 bridgehead atoms. The third-order valence-corrected chi connectivity index (χ3v) is 9.34. The van der Waals surface area contributed by atoms with Gasteiger partial charge in [-0.2, -0.15) is 0 Å². The summed E-state index contributed by atoms with van der Waals surface area (Å²) >= 11 is 0. The van der Waals surface area contributed by atoms with Crippen LogP contribution in [0, 0.1) is 0 Å². The fourth-order valence-corrected chi connectivity index (χ4v) is 5.98. The van der Waals surface area contributed by atoms with E-state index in [0.29, 0.717) is 19.3 Å². The molecule has 0 aliphatic carbocycles. The van der Waals surface area contributed by atoms with Crippen LogP contribution in [0.15, 0.2) is 60.8 Å². The first-order valence-electron chi connectivity index (χ1n) is 20.7. The van der Waals surface area contributed by atoms with Crippen LogP contribution in [0.1, 0.15) is 162 Å². The molecule has 11 heteroatoms. The van der Waals surface area contributed by atoms with Crippen LogP contribution in [0.4, 0.5) is 0 Å². The summed E-state index contributed by atoms with van der Waals surface area (Å²) in [4.78, 5) is 46.5. The number of carbonyl (C=O) groups excluding carboxylic acids is 3. The molecule has 0 aromatic heterocycles. The van der Waals surface area contributed by atoms with Gasteiger partial charge in [0.25, 0.3) is 0 Å². The molecule has 310 valence electrons. The third kappa shape index (κ3) is 37.7. The standard InChI is InChI=1S/C43H74NO9P/c1-3-5-7-8-9-10-11-12-13-14-15-16-17-20-23-26-30-34-42(46)50-38-41(39-52-54(48,49)51-37-36-44)53-43(47)35-31-27-24-21-18-19-22-25-29-33-40(45)32-28-6-4-2/h12-13,15-16,20,22-23,25,29,33,41H,3-11,14,17-19,21,24,26-28,30-32,34-39,44H2,1-2H3,(H,48,49)/b13-12-,16-15-,23-20-,25-22-,33-29+/t41-/m1/s1. The van der Waals surface area contributed by atoms with Crippen molar-refractivity contribution in [1.82, 2.24) is 0 Å². The van der Waals surface area contributed by atoms with Crippen molar-refractivity contribution >= 4 is 25.5 Å². The monoisotopic (exact) mass is 780 g/mol. The van der Waals surface area contributed by atoms with Crippen LogP contribution in [-0.4, -0.2) is 55.1 Å². The van der Waals surface area contributed by atoms with Crippen LogP contribution in [-0.2, 0) is 37.5 Å². The lowest BCUT2D eigenvalue weighted by molar-refractivity contribution is -0.161. The summed E-state index contributed by atoms with van der Waals surface area (Å²) in [5, 5.41) is 0. The molecule has 0 aliphatic rings. The maximum atomic E-state index is 12.5. The fraction of sp³-hybridized carbons (Fsp3) is 0.698. The lowest BCUT2D eigenvalue weighted by atomic mass is 10.1. The number of ketones is 1. The maximum Gasteiger partial charge on any atom is 0.472 e. The Balaban J connectivity index is 4.34. The summed E-state index contributed by atoms with van der Waals surface area (Å²) in [6.07, 6.45) is 41.0. The van der Waals surface area contributed by atoms with Crippen LogP contribution in [0.25, 0.3) is 0 Å². The number of carbonyl (C=O) groups is 3. The Hall–Kier alpha value is -2.62. The van der Waals surface area contributed by atoms with Crippen molar-refractivity contribution in [2.24, 2.45) is 5.73 Å². The Morgan fingerprint density at radius 1 is 0.611 bits per heavy atom. The molecule has 0 rings (SSSR count). The highest BCUT2D eigenvalue weighted by Crippen LogP contribution is 2.43. The van der Waals surface area contributed by atoms with Gasteiger partial charge in [-0.15, -0.1) is 0 Å². The molecule has 0 fully saturated rings. The minimum Gasteiger partial charge on any atom is -0.462 e. The number of unbranched alkanes of at least 4 members (excludes halogenated alkanes) is 14. The zero-order chi connectivity index (χ0) is 39.8. The molecule has 54 heavy (non-hydrogen) atoms. The van der Waals surface area contributed by atoms with E-state index in [-0.39, 0.29) is 38.4 Å². The zero-order valence-electron chi connectivity index (χ0n) is 33.7. The molecule has 3 N–H and O–H groups in total. The molecule has 0 amide bonds. The molecular weight excluding hydrogens is 705 g/mol. The van der Waals surface area contributed by atoms with Crippen molar-refractivity contribution in [3.05, 3.63) is 60.8 Å². The lowest BCUT2D eigenvalue weighted by Gasteiger charge is -2.19. The zero-order valence-corrected chi connectivity index (χ0v) is 34.6. The van der Waals surface area contributed by atoms with Crippen LogP contribution >= 0.6 is 7.82 Å². The van der Waals surface area contributed by atoms with Gasteiger partial charge in [0.2, 0.25) is 0 Å². The van der Waals surface area contributed by atoms with Gasteiger partial charge in [-0.3, -0.25) is 23.4 Å². The highest BCUT2D eigenvalue weighted by molar-refractivity contribution is 7.47. The molecule has 0 aromatic rings. The first kappa shape index (κ1) is 51.4. The van der Waals surface area contributed by atoms with Gasteiger partial charge in [-0.25, -0.2) is 4.57 Å². The van der Waals surface area contributed by atoms with Crippen LogP contribution in [0.3, 0.4) is 0 Å². The van der Waals surface area contributed by atoms with Crippen molar-refractivity contribution in [3.8, 4) is 0 Å². The highest BCUT2D eigenvalue weighted by atomic mass is 31.2. The molecule has 2 atom stereocenters.